The lowest BCUT2D eigenvalue weighted by Gasteiger charge is -2.13. The molecule has 0 aromatic heterocycles. The van der Waals surface area contributed by atoms with E-state index in [2.05, 4.69) is 21.2 Å². The number of fused-ring (bicyclic) bond motifs is 1. The van der Waals surface area contributed by atoms with E-state index in [1.54, 1.807) is 6.26 Å². The van der Waals surface area contributed by atoms with Gasteiger partial charge in [-0.05, 0) is 40.5 Å². The third-order valence-electron chi connectivity index (χ3n) is 2.63. The van der Waals surface area contributed by atoms with E-state index in [1.165, 1.54) is 0 Å². The molecule has 0 spiro atoms. The van der Waals surface area contributed by atoms with E-state index < -0.39 is 10.8 Å². The van der Waals surface area contributed by atoms with Crippen molar-refractivity contribution in [1.82, 2.24) is 5.32 Å². The highest BCUT2D eigenvalue weighted by Gasteiger charge is 2.18. The summed E-state index contributed by atoms with van der Waals surface area (Å²) in [4.78, 5) is 0. The van der Waals surface area contributed by atoms with Crippen molar-refractivity contribution in [2.24, 2.45) is 0 Å². The Balaban J connectivity index is 1.98. The number of hydrogen-bond acceptors (Lipinski definition) is 4. The average molecular weight is 334 g/mol. The number of rotatable bonds is 5. The monoisotopic (exact) mass is 333 g/mol. The molecule has 1 heterocycles. The van der Waals surface area contributed by atoms with Crippen LogP contribution in [-0.4, -0.2) is 29.1 Å². The minimum absolute atomic E-state index is 0.222. The first-order chi connectivity index (χ1) is 8.56. The molecule has 1 aliphatic rings. The Bertz CT molecular complexity index is 467. The number of benzene rings is 1. The largest absolute Gasteiger partial charge is 0.454 e. The number of nitrogens with one attached hydrogen (secondary N) is 1. The molecule has 100 valence electrons. The third kappa shape index (κ3) is 3.46. The first-order valence-electron chi connectivity index (χ1n) is 5.67. The van der Waals surface area contributed by atoms with Crippen LogP contribution in [0.5, 0.6) is 11.5 Å². The van der Waals surface area contributed by atoms with E-state index in [1.807, 2.05) is 19.1 Å². The zero-order chi connectivity index (χ0) is 13.1. The van der Waals surface area contributed by atoms with Crippen LogP contribution in [0, 0.1) is 0 Å². The van der Waals surface area contributed by atoms with Crippen LogP contribution in [0.25, 0.3) is 0 Å². The molecule has 6 heteroatoms. The molecule has 4 nitrogen and oxygen atoms in total. The fourth-order valence-electron chi connectivity index (χ4n) is 1.83. The highest BCUT2D eigenvalue weighted by atomic mass is 79.9. The van der Waals surface area contributed by atoms with Crippen molar-refractivity contribution in [2.75, 3.05) is 18.8 Å². The number of ether oxygens (including phenoxy) is 2. The standard InChI is InChI=1S/C12H16BrNO3S/c1-8(6-18(2)15)14-5-9-3-10(13)12-11(4-9)16-7-17-12/h3-4,8,14H,5-7H2,1-2H3. The smallest absolute Gasteiger partial charge is 0.231 e. The van der Waals surface area contributed by atoms with E-state index in [0.29, 0.717) is 12.3 Å². The fourth-order valence-corrected chi connectivity index (χ4v) is 3.25. The normalized spacial score (nSPS) is 16.6. The maximum absolute atomic E-state index is 11.1. The van der Waals surface area contributed by atoms with Gasteiger partial charge in [0.1, 0.15) is 0 Å². The van der Waals surface area contributed by atoms with Crippen LogP contribution in [0.2, 0.25) is 0 Å². The molecule has 0 aliphatic carbocycles. The third-order valence-corrected chi connectivity index (χ3v) is 4.18. The maximum Gasteiger partial charge on any atom is 0.231 e. The van der Waals surface area contributed by atoms with Crippen LogP contribution < -0.4 is 14.8 Å². The lowest BCUT2D eigenvalue weighted by Crippen LogP contribution is -2.30. The molecule has 1 aromatic rings. The zero-order valence-electron chi connectivity index (χ0n) is 10.4. The van der Waals surface area contributed by atoms with Gasteiger partial charge in [-0.2, -0.15) is 0 Å². The molecular weight excluding hydrogens is 318 g/mol. The van der Waals surface area contributed by atoms with E-state index >= 15 is 0 Å². The van der Waals surface area contributed by atoms with E-state index in [0.717, 1.165) is 21.5 Å². The summed E-state index contributed by atoms with van der Waals surface area (Å²) in [5, 5.41) is 3.34. The predicted octanol–water partition coefficient (Wildman–Crippen LogP) is 2.03. The van der Waals surface area contributed by atoms with Gasteiger partial charge in [-0.15, -0.1) is 0 Å². The molecular formula is C12H16BrNO3S. The molecule has 2 unspecified atom stereocenters. The van der Waals surface area contributed by atoms with Gasteiger partial charge in [0.15, 0.2) is 11.5 Å². The summed E-state index contributed by atoms with van der Waals surface area (Å²) in [7, 11) is -0.774. The topological polar surface area (TPSA) is 47.6 Å². The summed E-state index contributed by atoms with van der Waals surface area (Å²) in [6, 6.07) is 4.20. The maximum atomic E-state index is 11.1. The molecule has 18 heavy (non-hydrogen) atoms. The van der Waals surface area contributed by atoms with Crippen molar-refractivity contribution in [3.05, 3.63) is 22.2 Å². The Morgan fingerprint density at radius 1 is 1.50 bits per heavy atom. The first kappa shape index (κ1) is 13.8. The summed E-state index contributed by atoms with van der Waals surface area (Å²) in [6.07, 6.45) is 1.72. The van der Waals surface area contributed by atoms with Crippen molar-refractivity contribution >= 4 is 26.7 Å². The first-order valence-corrected chi connectivity index (χ1v) is 8.19. The molecule has 2 rings (SSSR count). The minimum Gasteiger partial charge on any atom is -0.454 e. The SMILES string of the molecule is CC(CS(C)=O)NCc1cc(Br)c2c(c1)OCO2. The minimum atomic E-state index is -0.774. The second-order valence-corrected chi connectivity index (χ2v) is 6.67. The Kier molecular flexibility index (Phi) is 4.64. The van der Waals surface area contributed by atoms with Crippen molar-refractivity contribution in [1.29, 1.82) is 0 Å². The van der Waals surface area contributed by atoms with Crippen molar-refractivity contribution in [2.45, 2.75) is 19.5 Å². The Labute approximate surface area is 118 Å². The molecule has 0 saturated heterocycles. The molecule has 0 bridgehead atoms. The van der Waals surface area contributed by atoms with Gasteiger partial charge in [0.05, 0.1) is 4.47 Å². The van der Waals surface area contributed by atoms with Crippen LogP contribution >= 0.6 is 15.9 Å². The van der Waals surface area contributed by atoms with Crippen LogP contribution in [0.15, 0.2) is 16.6 Å². The van der Waals surface area contributed by atoms with E-state index in [9.17, 15) is 4.21 Å². The predicted molar refractivity (Wildman–Crippen MR) is 75.5 cm³/mol. The lowest BCUT2D eigenvalue weighted by atomic mass is 10.2. The molecule has 0 amide bonds. The Morgan fingerprint density at radius 2 is 2.28 bits per heavy atom. The molecule has 1 aromatic carbocycles. The number of halogens is 1. The van der Waals surface area contributed by atoms with Crippen LogP contribution in [0.3, 0.4) is 0 Å². The summed E-state index contributed by atoms with van der Waals surface area (Å²) in [5.41, 5.74) is 1.11. The van der Waals surface area contributed by atoms with Gasteiger partial charge < -0.3 is 14.8 Å². The van der Waals surface area contributed by atoms with Gasteiger partial charge in [-0.25, -0.2) is 0 Å². The quantitative estimate of drug-likeness (QED) is 0.895. The Morgan fingerprint density at radius 3 is 3.00 bits per heavy atom. The molecule has 0 fully saturated rings. The van der Waals surface area contributed by atoms with Gasteiger partial charge in [0.25, 0.3) is 0 Å². The molecule has 1 N–H and O–H groups in total. The van der Waals surface area contributed by atoms with E-state index in [-0.39, 0.29) is 12.8 Å². The fraction of sp³-hybridized carbons (Fsp3) is 0.500. The number of hydrogen-bond donors (Lipinski definition) is 1. The van der Waals surface area contributed by atoms with Crippen LogP contribution in [0.1, 0.15) is 12.5 Å². The van der Waals surface area contributed by atoms with Crippen molar-refractivity contribution < 1.29 is 13.7 Å². The van der Waals surface area contributed by atoms with Crippen molar-refractivity contribution in [3.63, 3.8) is 0 Å². The summed E-state index contributed by atoms with van der Waals surface area (Å²) < 4.78 is 22.7. The molecule has 2 atom stereocenters. The van der Waals surface area contributed by atoms with Gasteiger partial charge in [-0.3, -0.25) is 4.21 Å². The van der Waals surface area contributed by atoms with Gasteiger partial charge in [0, 0.05) is 35.4 Å². The van der Waals surface area contributed by atoms with Gasteiger partial charge >= 0.3 is 0 Å². The summed E-state index contributed by atoms with van der Waals surface area (Å²) in [5.74, 6) is 2.19. The average Bonchev–Trinajstić information content (AvgIpc) is 2.74. The van der Waals surface area contributed by atoms with Crippen LogP contribution in [0.4, 0.5) is 0 Å². The van der Waals surface area contributed by atoms with Gasteiger partial charge in [-0.1, -0.05) is 0 Å². The second kappa shape index (κ2) is 6.04. The highest BCUT2D eigenvalue weighted by Crippen LogP contribution is 2.39. The highest BCUT2D eigenvalue weighted by molar-refractivity contribution is 9.10. The van der Waals surface area contributed by atoms with E-state index in [4.69, 9.17) is 9.47 Å². The zero-order valence-corrected chi connectivity index (χ0v) is 12.8. The second-order valence-electron chi connectivity index (χ2n) is 4.33. The van der Waals surface area contributed by atoms with Crippen molar-refractivity contribution in [3.8, 4) is 11.5 Å². The molecule has 0 saturated carbocycles. The summed E-state index contributed by atoms with van der Waals surface area (Å²) in [6.45, 7) is 3.02. The Hall–Kier alpha value is -0.590. The molecule has 0 radical (unpaired) electrons. The molecule has 1 aliphatic heterocycles. The lowest BCUT2D eigenvalue weighted by molar-refractivity contribution is 0.173. The van der Waals surface area contributed by atoms with Gasteiger partial charge in [0.2, 0.25) is 6.79 Å². The summed E-state index contributed by atoms with van der Waals surface area (Å²) >= 11 is 3.46. The van der Waals surface area contributed by atoms with Crippen LogP contribution in [-0.2, 0) is 17.3 Å².